The highest BCUT2D eigenvalue weighted by Crippen LogP contribution is 2.30. The summed E-state index contributed by atoms with van der Waals surface area (Å²) in [6, 6.07) is 0.0890. The fourth-order valence-corrected chi connectivity index (χ4v) is 3.59. The highest BCUT2D eigenvalue weighted by Gasteiger charge is 2.31. The number of nitrogens with one attached hydrogen (secondary N) is 2. The molecular formula is C20H28ClN5O3. The fraction of sp³-hybridized carbons (Fsp3) is 0.550. The Hall–Kier alpha value is -2.32. The second kappa shape index (κ2) is 7.84. The number of carbonyl (C=O) groups is 1. The van der Waals surface area contributed by atoms with Crippen molar-refractivity contribution in [1.82, 2.24) is 24.8 Å². The molecule has 1 aliphatic heterocycles. The van der Waals surface area contributed by atoms with Gasteiger partial charge >= 0.3 is 0 Å². The number of hydrogen-bond donors (Lipinski definition) is 3. The number of rotatable bonds is 4. The Morgan fingerprint density at radius 1 is 1.38 bits per heavy atom. The predicted molar refractivity (Wildman–Crippen MR) is 114 cm³/mol. The van der Waals surface area contributed by atoms with E-state index in [2.05, 4.69) is 21.8 Å². The van der Waals surface area contributed by atoms with Gasteiger partial charge in [0.2, 0.25) is 5.88 Å². The molecule has 2 aromatic rings. The molecule has 3 heterocycles. The maximum Gasteiger partial charge on any atom is 0.291 e. The third-order valence-electron chi connectivity index (χ3n) is 5.07. The van der Waals surface area contributed by atoms with Gasteiger partial charge in [-0.15, -0.1) is 12.4 Å². The van der Waals surface area contributed by atoms with E-state index >= 15 is 0 Å². The van der Waals surface area contributed by atoms with Crippen LogP contribution in [0, 0.1) is 5.41 Å². The topological polar surface area (TPSA) is 101 Å². The van der Waals surface area contributed by atoms with Crippen LogP contribution in [-0.4, -0.2) is 44.3 Å². The Morgan fingerprint density at radius 2 is 2.10 bits per heavy atom. The van der Waals surface area contributed by atoms with Crippen LogP contribution in [0.2, 0.25) is 0 Å². The molecule has 0 radical (unpaired) electrons. The molecule has 9 heteroatoms. The molecule has 4 rings (SSSR count). The molecule has 1 amide bonds. The van der Waals surface area contributed by atoms with E-state index in [-0.39, 0.29) is 35.3 Å². The molecular weight excluding hydrogens is 394 g/mol. The second-order valence-corrected chi connectivity index (χ2v) is 8.88. The number of amides is 1. The van der Waals surface area contributed by atoms with Crippen molar-refractivity contribution < 1.29 is 9.90 Å². The molecule has 2 aliphatic rings. The maximum atomic E-state index is 13.0. The summed E-state index contributed by atoms with van der Waals surface area (Å²) in [7, 11) is 0. The number of aromatic hydroxyl groups is 1. The Balaban J connectivity index is 0.00000240. The Kier molecular flexibility index (Phi) is 5.78. The lowest BCUT2D eigenvalue weighted by molar-refractivity contribution is 0.0944. The van der Waals surface area contributed by atoms with E-state index in [1.54, 1.807) is 10.8 Å². The lowest BCUT2D eigenvalue weighted by Gasteiger charge is -2.24. The first-order valence-corrected chi connectivity index (χ1v) is 9.81. The van der Waals surface area contributed by atoms with Gasteiger partial charge in [0.05, 0.1) is 6.20 Å². The molecule has 2 aromatic heterocycles. The summed E-state index contributed by atoms with van der Waals surface area (Å²) in [6.45, 7) is 8.18. The van der Waals surface area contributed by atoms with Crippen molar-refractivity contribution in [3.05, 3.63) is 33.8 Å². The van der Waals surface area contributed by atoms with Crippen LogP contribution in [0.3, 0.4) is 0 Å². The average Bonchev–Trinajstić information content (AvgIpc) is 3.32. The third kappa shape index (κ3) is 4.18. The molecule has 158 valence electrons. The Morgan fingerprint density at radius 3 is 2.69 bits per heavy atom. The molecule has 1 aliphatic carbocycles. The summed E-state index contributed by atoms with van der Waals surface area (Å²) in [5.41, 5.74) is 1.45. The van der Waals surface area contributed by atoms with E-state index in [1.807, 2.05) is 20.8 Å². The molecule has 3 N–H and O–H groups in total. The van der Waals surface area contributed by atoms with Gasteiger partial charge in [0.1, 0.15) is 5.65 Å². The van der Waals surface area contributed by atoms with Crippen LogP contribution in [0.15, 0.2) is 17.1 Å². The maximum absolute atomic E-state index is 13.0. The van der Waals surface area contributed by atoms with E-state index < -0.39 is 11.5 Å². The van der Waals surface area contributed by atoms with Crippen molar-refractivity contribution in [3.63, 3.8) is 0 Å². The van der Waals surface area contributed by atoms with Crippen LogP contribution in [-0.2, 0) is 6.54 Å². The monoisotopic (exact) mass is 421 g/mol. The van der Waals surface area contributed by atoms with Crippen molar-refractivity contribution in [2.75, 3.05) is 13.1 Å². The van der Waals surface area contributed by atoms with Crippen LogP contribution in [0.4, 0.5) is 0 Å². The summed E-state index contributed by atoms with van der Waals surface area (Å²) >= 11 is 0. The second-order valence-electron chi connectivity index (χ2n) is 8.88. The number of halogens is 1. The molecule has 0 aromatic carbocycles. The van der Waals surface area contributed by atoms with Crippen molar-refractivity contribution in [2.45, 2.75) is 52.6 Å². The first-order chi connectivity index (χ1) is 13.3. The van der Waals surface area contributed by atoms with Crippen LogP contribution in [0.5, 0.6) is 5.88 Å². The molecule has 1 saturated carbocycles. The number of aromatic nitrogens is 3. The summed E-state index contributed by atoms with van der Waals surface area (Å²) in [5.74, 6) is -0.824. The zero-order valence-corrected chi connectivity index (χ0v) is 17.8. The quantitative estimate of drug-likeness (QED) is 0.700. The molecule has 0 unspecified atom stereocenters. The van der Waals surface area contributed by atoms with Gasteiger partial charge in [-0.25, -0.2) is 0 Å². The van der Waals surface area contributed by atoms with Crippen molar-refractivity contribution in [2.24, 2.45) is 5.41 Å². The van der Waals surface area contributed by atoms with E-state index in [4.69, 9.17) is 0 Å². The van der Waals surface area contributed by atoms with E-state index in [0.717, 1.165) is 43.5 Å². The smallest absolute Gasteiger partial charge is 0.291 e. The molecule has 8 nitrogen and oxygen atoms in total. The third-order valence-corrected chi connectivity index (χ3v) is 5.07. The summed E-state index contributed by atoms with van der Waals surface area (Å²) < 4.78 is 2.92. The average molecular weight is 422 g/mol. The molecule has 0 saturated heterocycles. The zero-order valence-electron chi connectivity index (χ0n) is 17.0. The zero-order chi connectivity index (χ0) is 20.1. The highest BCUT2D eigenvalue weighted by atomic mass is 35.5. The van der Waals surface area contributed by atoms with Crippen LogP contribution in [0.1, 0.15) is 56.0 Å². The van der Waals surface area contributed by atoms with Gasteiger partial charge in [-0.05, 0) is 36.8 Å². The van der Waals surface area contributed by atoms with Crippen molar-refractivity contribution in [3.8, 4) is 5.88 Å². The number of nitrogens with zero attached hydrogens (tertiary/aromatic N) is 3. The summed E-state index contributed by atoms with van der Waals surface area (Å²) in [5, 5.41) is 21.4. The van der Waals surface area contributed by atoms with Gasteiger partial charge in [0.25, 0.3) is 11.5 Å². The minimum absolute atomic E-state index is 0. The lowest BCUT2D eigenvalue weighted by Crippen LogP contribution is -2.35. The molecule has 0 bridgehead atoms. The van der Waals surface area contributed by atoms with Gasteiger partial charge < -0.3 is 15.7 Å². The number of carbonyl (C=O) groups excluding carboxylic acids is 1. The van der Waals surface area contributed by atoms with Gasteiger partial charge in [0.15, 0.2) is 5.56 Å². The van der Waals surface area contributed by atoms with Gasteiger partial charge in [-0.2, -0.15) is 9.61 Å². The van der Waals surface area contributed by atoms with Gasteiger partial charge in [-0.1, -0.05) is 26.8 Å². The normalized spacial score (nSPS) is 17.0. The first kappa shape index (κ1) is 21.4. The fourth-order valence-electron chi connectivity index (χ4n) is 3.59. The summed E-state index contributed by atoms with van der Waals surface area (Å²) in [4.78, 5) is 25.7. The van der Waals surface area contributed by atoms with E-state index in [0.29, 0.717) is 12.2 Å². The van der Waals surface area contributed by atoms with Crippen LogP contribution in [0.25, 0.3) is 11.2 Å². The first-order valence-electron chi connectivity index (χ1n) is 9.81. The molecule has 1 fully saturated rings. The largest absolute Gasteiger partial charge is 0.494 e. The minimum Gasteiger partial charge on any atom is -0.494 e. The number of fused-ring (bicyclic) bond motifs is 1. The van der Waals surface area contributed by atoms with E-state index in [9.17, 15) is 14.7 Å². The SMILES string of the molecule is CC(C)(C)Cn1c(O)c(C(=O)NC2CC2)c(=O)n2ncc(C3=CCNCC3)c12.Cl. The minimum atomic E-state index is -0.586. The van der Waals surface area contributed by atoms with Crippen molar-refractivity contribution in [1.29, 1.82) is 0 Å². The van der Waals surface area contributed by atoms with Gasteiger partial charge in [-0.3, -0.25) is 14.2 Å². The predicted octanol–water partition coefficient (Wildman–Crippen LogP) is 1.94. The summed E-state index contributed by atoms with van der Waals surface area (Å²) in [6.07, 6.45) is 6.36. The lowest BCUT2D eigenvalue weighted by atomic mass is 9.96. The molecule has 29 heavy (non-hydrogen) atoms. The van der Waals surface area contributed by atoms with Crippen LogP contribution < -0.4 is 16.2 Å². The van der Waals surface area contributed by atoms with E-state index in [1.165, 1.54) is 4.52 Å². The molecule has 0 spiro atoms. The highest BCUT2D eigenvalue weighted by molar-refractivity contribution is 5.97. The van der Waals surface area contributed by atoms with Crippen LogP contribution >= 0.6 is 12.4 Å². The Bertz CT molecular complexity index is 1030. The molecule has 0 atom stereocenters. The standard InChI is InChI=1S/C20H27N5O3.ClH/c1-20(2,3)11-24-17-14(12-6-8-21-9-7-12)10-22-25(17)19(28)15(18(24)27)16(26)23-13-4-5-13;/h6,10,13,21,27H,4-5,7-9,11H2,1-3H3,(H,23,26);1H. The number of hydrogen-bond acceptors (Lipinski definition) is 5. The Labute approximate surface area is 175 Å². The van der Waals surface area contributed by atoms with Crippen molar-refractivity contribution >= 4 is 29.5 Å². The van der Waals surface area contributed by atoms with Gasteiger partial charge in [0, 0.05) is 24.7 Å².